The summed E-state index contributed by atoms with van der Waals surface area (Å²) in [5, 5.41) is 3.29. The Morgan fingerprint density at radius 1 is 0.947 bits per heavy atom. The van der Waals surface area contributed by atoms with E-state index in [9.17, 15) is 8.42 Å². The molecule has 2 aliphatic rings. The Morgan fingerprint density at radius 2 is 1.63 bits per heavy atom. The van der Waals surface area contributed by atoms with E-state index in [1.54, 1.807) is 12.1 Å². The first-order valence-corrected chi connectivity index (χ1v) is 8.80. The summed E-state index contributed by atoms with van der Waals surface area (Å²) in [5.41, 5.74) is 1.21. The second-order valence-corrected chi connectivity index (χ2v) is 7.90. The number of hydrogen-bond acceptors (Lipinski definition) is 3. The van der Waals surface area contributed by atoms with Crippen LogP contribution in [0.4, 0.5) is 0 Å². The van der Waals surface area contributed by atoms with Crippen LogP contribution in [-0.4, -0.2) is 20.2 Å². The Morgan fingerprint density at radius 3 is 2.21 bits per heavy atom. The first-order valence-electron chi connectivity index (χ1n) is 7.25. The minimum Gasteiger partial charge on any atom is -0.310 e. The number of nitrogens with one attached hydrogen (secondary N) is 1. The Hall–Kier alpha value is -0.870. The molecular weight excluding hydrogens is 258 g/mol. The highest BCUT2D eigenvalue weighted by Crippen LogP contribution is 2.30. The van der Waals surface area contributed by atoms with E-state index in [1.165, 1.54) is 12.0 Å². The van der Waals surface area contributed by atoms with E-state index in [0.29, 0.717) is 10.9 Å². The van der Waals surface area contributed by atoms with Gasteiger partial charge in [-0.3, -0.25) is 0 Å². The predicted octanol–water partition coefficient (Wildman–Crippen LogP) is 2.83. The fraction of sp³-hybridized carbons (Fsp3) is 0.600. The monoisotopic (exact) mass is 279 g/mol. The summed E-state index contributed by atoms with van der Waals surface area (Å²) in [7, 11) is -3.10. The molecule has 1 atom stereocenters. The molecule has 2 fully saturated rings. The predicted molar refractivity (Wildman–Crippen MR) is 75.9 cm³/mol. The van der Waals surface area contributed by atoms with Gasteiger partial charge in [-0.05, 0) is 49.9 Å². The van der Waals surface area contributed by atoms with Crippen LogP contribution in [0, 0.1) is 0 Å². The fourth-order valence-corrected chi connectivity index (χ4v) is 5.10. The zero-order valence-electron chi connectivity index (χ0n) is 11.1. The molecule has 0 bridgehead atoms. The quantitative estimate of drug-likeness (QED) is 0.925. The third-order valence-corrected chi connectivity index (χ3v) is 6.69. The van der Waals surface area contributed by atoms with Crippen molar-refractivity contribution in [1.82, 2.24) is 5.32 Å². The summed E-state index contributed by atoms with van der Waals surface area (Å²) in [6.45, 7) is 1.06. The molecule has 1 unspecified atom stereocenters. The molecule has 0 amide bonds. The van der Waals surface area contributed by atoms with Crippen LogP contribution in [0.15, 0.2) is 29.2 Å². The van der Waals surface area contributed by atoms with E-state index in [1.807, 2.05) is 12.1 Å². The van der Waals surface area contributed by atoms with Crippen LogP contribution in [0.5, 0.6) is 0 Å². The topological polar surface area (TPSA) is 46.2 Å². The van der Waals surface area contributed by atoms with Crippen LogP contribution in [0.3, 0.4) is 0 Å². The van der Waals surface area contributed by atoms with Crippen LogP contribution >= 0.6 is 0 Å². The van der Waals surface area contributed by atoms with Gasteiger partial charge >= 0.3 is 0 Å². The average Bonchev–Trinajstić information content (AvgIpc) is 3.12. The molecular formula is C15H21NO2S. The van der Waals surface area contributed by atoms with Gasteiger partial charge in [0.25, 0.3) is 0 Å². The summed E-state index contributed by atoms with van der Waals surface area (Å²) in [6, 6.07) is 7.95. The van der Waals surface area contributed by atoms with Crippen LogP contribution in [0.1, 0.15) is 50.1 Å². The van der Waals surface area contributed by atoms with Crippen molar-refractivity contribution in [2.24, 2.45) is 0 Å². The smallest absolute Gasteiger partial charge is 0.181 e. The highest BCUT2D eigenvalue weighted by Gasteiger charge is 2.30. The largest absolute Gasteiger partial charge is 0.310 e. The molecule has 1 aromatic rings. The lowest BCUT2D eigenvalue weighted by Gasteiger charge is -2.14. The maximum atomic E-state index is 12.5. The zero-order valence-corrected chi connectivity index (χ0v) is 12.0. The molecule has 0 aromatic heterocycles. The second-order valence-electron chi connectivity index (χ2n) is 5.67. The van der Waals surface area contributed by atoms with E-state index >= 15 is 0 Å². The molecule has 0 spiro atoms. The van der Waals surface area contributed by atoms with E-state index in [0.717, 1.165) is 38.6 Å². The summed E-state index contributed by atoms with van der Waals surface area (Å²) < 4.78 is 24.9. The molecule has 1 aliphatic heterocycles. The van der Waals surface area contributed by atoms with E-state index in [-0.39, 0.29) is 5.25 Å². The lowest BCUT2D eigenvalue weighted by molar-refractivity contribution is 0.579. The summed E-state index contributed by atoms with van der Waals surface area (Å²) >= 11 is 0. The van der Waals surface area contributed by atoms with Crippen molar-refractivity contribution in [3.63, 3.8) is 0 Å². The van der Waals surface area contributed by atoms with Gasteiger partial charge in [0.1, 0.15) is 0 Å². The first kappa shape index (κ1) is 13.1. The molecule has 19 heavy (non-hydrogen) atoms. The maximum absolute atomic E-state index is 12.5. The van der Waals surface area contributed by atoms with Gasteiger partial charge in [0.15, 0.2) is 9.84 Å². The van der Waals surface area contributed by atoms with Gasteiger partial charge in [-0.2, -0.15) is 0 Å². The highest BCUT2D eigenvalue weighted by atomic mass is 32.2. The average molecular weight is 279 g/mol. The van der Waals surface area contributed by atoms with Crippen molar-refractivity contribution in [3.8, 4) is 0 Å². The zero-order chi connectivity index (χ0) is 13.3. The van der Waals surface area contributed by atoms with Crippen molar-refractivity contribution >= 4 is 9.84 Å². The number of hydrogen-bond donors (Lipinski definition) is 1. The normalized spacial score (nSPS) is 24.9. The van der Waals surface area contributed by atoms with Gasteiger partial charge < -0.3 is 5.32 Å². The lowest BCUT2D eigenvalue weighted by atomic mass is 10.1. The van der Waals surface area contributed by atoms with Crippen molar-refractivity contribution in [2.45, 2.75) is 54.7 Å². The number of benzene rings is 1. The van der Waals surface area contributed by atoms with Gasteiger partial charge in [0.2, 0.25) is 0 Å². The van der Waals surface area contributed by atoms with Gasteiger partial charge in [0, 0.05) is 6.04 Å². The maximum Gasteiger partial charge on any atom is 0.181 e. The minimum absolute atomic E-state index is 0.150. The third kappa shape index (κ3) is 2.56. The fourth-order valence-electron chi connectivity index (χ4n) is 3.25. The molecule has 4 heteroatoms. The van der Waals surface area contributed by atoms with Crippen LogP contribution in [0.2, 0.25) is 0 Å². The second kappa shape index (κ2) is 5.25. The minimum atomic E-state index is -3.10. The summed E-state index contributed by atoms with van der Waals surface area (Å²) in [6.07, 6.45) is 6.10. The van der Waals surface area contributed by atoms with Crippen LogP contribution in [-0.2, 0) is 9.84 Å². The van der Waals surface area contributed by atoms with Crippen molar-refractivity contribution in [3.05, 3.63) is 29.8 Å². The van der Waals surface area contributed by atoms with Crippen molar-refractivity contribution < 1.29 is 8.42 Å². The first-order chi connectivity index (χ1) is 9.18. The van der Waals surface area contributed by atoms with E-state index in [4.69, 9.17) is 0 Å². The summed E-state index contributed by atoms with van der Waals surface area (Å²) in [5.74, 6) is 0. The Kier molecular flexibility index (Phi) is 3.63. The highest BCUT2D eigenvalue weighted by molar-refractivity contribution is 7.92. The lowest BCUT2D eigenvalue weighted by Crippen LogP contribution is -2.18. The van der Waals surface area contributed by atoms with Gasteiger partial charge in [0.05, 0.1) is 10.1 Å². The Bertz CT molecular complexity index is 524. The Balaban J connectivity index is 1.81. The molecule has 3 rings (SSSR count). The van der Waals surface area contributed by atoms with Crippen molar-refractivity contribution in [1.29, 1.82) is 0 Å². The van der Waals surface area contributed by atoms with E-state index < -0.39 is 9.84 Å². The molecule has 1 aliphatic carbocycles. The standard InChI is InChI=1S/C15H21NO2S/c17-19(18,13-4-1-2-5-13)14-9-7-12(8-10-14)15-6-3-11-16-15/h7-10,13,15-16H,1-6,11H2. The van der Waals surface area contributed by atoms with E-state index in [2.05, 4.69) is 5.32 Å². The van der Waals surface area contributed by atoms with Gasteiger partial charge in [-0.15, -0.1) is 0 Å². The molecule has 3 nitrogen and oxygen atoms in total. The summed E-state index contributed by atoms with van der Waals surface area (Å²) in [4.78, 5) is 0.501. The van der Waals surface area contributed by atoms with Gasteiger partial charge in [-0.1, -0.05) is 25.0 Å². The Labute approximate surface area is 115 Å². The molecule has 1 heterocycles. The van der Waals surface area contributed by atoms with Crippen molar-refractivity contribution in [2.75, 3.05) is 6.54 Å². The number of sulfone groups is 1. The molecule has 0 radical (unpaired) electrons. The molecule has 1 aromatic carbocycles. The molecule has 104 valence electrons. The number of rotatable bonds is 3. The van der Waals surface area contributed by atoms with Gasteiger partial charge in [-0.25, -0.2) is 8.42 Å². The van der Waals surface area contributed by atoms with Crippen LogP contribution in [0.25, 0.3) is 0 Å². The third-order valence-electron chi connectivity index (χ3n) is 4.41. The molecule has 1 N–H and O–H groups in total. The SMILES string of the molecule is O=S(=O)(c1ccc(C2CCCN2)cc1)C1CCCC1. The van der Waals surface area contributed by atoms with Crippen LogP contribution < -0.4 is 5.32 Å². The molecule has 1 saturated heterocycles. The molecule has 1 saturated carbocycles.